The number of hydrogen-bond acceptors (Lipinski definition) is 8. The van der Waals surface area contributed by atoms with E-state index in [1.165, 1.54) is 6.33 Å². The number of pyridine rings is 1. The first kappa shape index (κ1) is 21.9. The molecule has 9 nitrogen and oxygen atoms in total. The molecule has 3 N–H and O–H groups in total. The van der Waals surface area contributed by atoms with E-state index in [0.29, 0.717) is 30.3 Å². The number of benzene rings is 1. The van der Waals surface area contributed by atoms with E-state index in [1.807, 2.05) is 57.2 Å². The minimum Gasteiger partial charge on any atom is -0.361 e. The zero-order valence-corrected chi connectivity index (χ0v) is 18.7. The van der Waals surface area contributed by atoms with E-state index in [0.717, 1.165) is 34.0 Å². The highest BCUT2D eigenvalue weighted by atomic mass is 16.5. The summed E-state index contributed by atoms with van der Waals surface area (Å²) in [5.74, 6) is 2.68. The average molecular weight is 444 g/mol. The first-order valence-corrected chi connectivity index (χ1v) is 10.6. The van der Waals surface area contributed by atoms with Gasteiger partial charge in [-0.3, -0.25) is 4.79 Å². The Hall–Kier alpha value is -4.27. The fourth-order valence-corrected chi connectivity index (χ4v) is 3.34. The van der Waals surface area contributed by atoms with Crippen LogP contribution >= 0.6 is 0 Å². The predicted molar refractivity (Wildman–Crippen MR) is 127 cm³/mol. The maximum Gasteiger partial charge on any atom is 0.224 e. The predicted octanol–water partition coefficient (Wildman–Crippen LogP) is 4.84. The number of nitrogens with zero attached hydrogens (tertiary/aromatic N) is 4. The fourth-order valence-electron chi connectivity index (χ4n) is 3.34. The third-order valence-electron chi connectivity index (χ3n) is 5.06. The molecule has 0 saturated heterocycles. The summed E-state index contributed by atoms with van der Waals surface area (Å²) in [4.78, 5) is 25.1. The van der Waals surface area contributed by atoms with Gasteiger partial charge in [0.15, 0.2) is 0 Å². The van der Waals surface area contributed by atoms with Crippen LogP contribution in [0.2, 0.25) is 0 Å². The molecule has 0 aliphatic heterocycles. The normalized spacial score (nSPS) is 10.6. The van der Waals surface area contributed by atoms with Gasteiger partial charge in [-0.25, -0.2) is 15.0 Å². The molecule has 4 aromatic rings. The third-order valence-corrected chi connectivity index (χ3v) is 5.06. The number of aromatic nitrogens is 4. The molecule has 0 bridgehead atoms. The summed E-state index contributed by atoms with van der Waals surface area (Å²) >= 11 is 0. The molecule has 0 saturated carbocycles. The van der Waals surface area contributed by atoms with E-state index in [2.05, 4.69) is 36.1 Å². The van der Waals surface area contributed by atoms with Crippen molar-refractivity contribution < 1.29 is 9.32 Å². The Kier molecular flexibility index (Phi) is 6.58. The maximum atomic E-state index is 12.3. The van der Waals surface area contributed by atoms with E-state index in [9.17, 15) is 4.79 Å². The molecule has 1 amide bonds. The second-order valence-corrected chi connectivity index (χ2v) is 7.69. The van der Waals surface area contributed by atoms with Gasteiger partial charge >= 0.3 is 0 Å². The molecular formula is C24H25N7O2. The molecule has 0 spiro atoms. The molecule has 3 heterocycles. The van der Waals surface area contributed by atoms with Crippen LogP contribution in [0.25, 0.3) is 0 Å². The summed E-state index contributed by atoms with van der Waals surface area (Å²) in [6.07, 6.45) is 4.17. The zero-order chi connectivity index (χ0) is 23.2. The van der Waals surface area contributed by atoms with Gasteiger partial charge in [-0.2, -0.15) is 0 Å². The molecule has 0 aliphatic rings. The Morgan fingerprint density at radius 3 is 2.27 bits per heavy atom. The molecule has 0 aliphatic carbocycles. The van der Waals surface area contributed by atoms with Crippen LogP contribution in [-0.2, 0) is 11.2 Å². The Morgan fingerprint density at radius 2 is 1.58 bits per heavy atom. The summed E-state index contributed by atoms with van der Waals surface area (Å²) in [6, 6.07) is 13.1. The number of amides is 1. The molecule has 168 valence electrons. The average Bonchev–Trinajstić information content (AvgIpc) is 3.11. The molecule has 3 aromatic heterocycles. The second-order valence-electron chi connectivity index (χ2n) is 7.69. The highest BCUT2D eigenvalue weighted by Gasteiger charge is 2.11. The van der Waals surface area contributed by atoms with Gasteiger partial charge in [0, 0.05) is 35.6 Å². The van der Waals surface area contributed by atoms with Crippen LogP contribution in [-0.4, -0.2) is 26.0 Å². The van der Waals surface area contributed by atoms with Gasteiger partial charge in [0.05, 0.1) is 5.69 Å². The van der Waals surface area contributed by atoms with Gasteiger partial charge in [-0.05, 0) is 69.2 Å². The van der Waals surface area contributed by atoms with Gasteiger partial charge in [0.25, 0.3) is 0 Å². The molecule has 0 atom stereocenters. The summed E-state index contributed by atoms with van der Waals surface area (Å²) < 4.78 is 5.14. The molecule has 0 unspecified atom stereocenters. The monoisotopic (exact) mass is 443 g/mol. The lowest BCUT2D eigenvalue weighted by Gasteiger charge is -2.10. The number of carbonyl (C=O) groups excluding carboxylic acids is 1. The van der Waals surface area contributed by atoms with Gasteiger partial charge in [-0.15, -0.1) is 0 Å². The highest BCUT2D eigenvalue weighted by Crippen LogP contribution is 2.21. The van der Waals surface area contributed by atoms with Crippen molar-refractivity contribution in [2.75, 3.05) is 16.0 Å². The second kappa shape index (κ2) is 9.90. The molecule has 9 heteroatoms. The van der Waals surface area contributed by atoms with Gasteiger partial charge < -0.3 is 20.5 Å². The van der Waals surface area contributed by atoms with Gasteiger partial charge in [0.2, 0.25) is 5.91 Å². The van der Waals surface area contributed by atoms with E-state index >= 15 is 0 Å². The van der Waals surface area contributed by atoms with Crippen LogP contribution in [0.5, 0.6) is 0 Å². The van der Waals surface area contributed by atoms with Crippen molar-refractivity contribution in [1.29, 1.82) is 0 Å². The van der Waals surface area contributed by atoms with Gasteiger partial charge in [-0.1, -0.05) is 5.16 Å². The van der Waals surface area contributed by atoms with E-state index in [4.69, 9.17) is 4.52 Å². The number of rotatable bonds is 8. The number of aryl methyl sites for hydroxylation is 3. The lowest BCUT2D eigenvalue weighted by atomic mass is 10.1. The molecule has 33 heavy (non-hydrogen) atoms. The minimum absolute atomic E-state index is 0.0630. The number of carbonyl (C=O) groups is 1. The highest BCUT2D eigenvalue weighted by molar-refractivity contribution is 5.91. The smallest absolute Gasteiger partial charge is 0.224 e. The van der Waals surface area contributed by atoms with Crippen LogP contribution in [0, 0.1) is 20.8 Å². The minimum atomic E-state index is -0.0630. The van der Waals surface area contributed by atoms with Crippen LogP contribution in [0.3, 0.4) is 0 Å². The van der Waals surface area contributed by atoms with Crippen molar-refractivity contribution in [1.82, 2.24) is 20.1 Å². The van der Waals surface area contributed by atoms with Crippen molar-refractivity contribution >= 4 is 34.7 Å². The molecular weight excluding hydrogens is 418 g/mol. The first-order valence-electron chi connectivity index (χ1n) is 10.6. The summed E-state index contributed by atoms with van der Waals surface area (Å²) in [6.45, 7) is 5.74. The largest absolute Gasteiger partial charge is 0.361 e. The quantitative estimate of drug-likeness (QED) is 0.354. The van der Waals surface area contributed by atoms with Crippen LogP contribution in [0.15, 0.2) is 59.5 Å². The zero-order valence-electron chi connectivity index (χ0n) is 18.7. The molecule has 4 rings (SSSR count). The molecule has 0 fully saturated rings. The summed E-state index contributed by atoms with van der Waals surface area (Å²) in [5.41, 5.74) is 4.48. The Balaban J connectivity index is 1.32. The SMILES string of the molecule is Cc1ccnc(Nc2cc(Nc3ccc(NC(=O)CCc4c(C)noc4C)cc3)ncn2)c1. The van der Waals surface area contributed by atoms with Crippen molar-refractivity contribution in [3.63, 3.8) is 0 Å². The van der Waals surface area contributed by atoms with Crippen molar-refractivity contribution in [2.45, 2.75) is 33.6 Å². The lowest BCUT2D eigenvalue weighted by molar-refractivity contribution is -0.116. The number of hydrogen-bond donors (Lipinski definition) is 3. The van der Waals surface area contributed by atoms with Crippen molar-refractivity contribution in [3.8, 4) is 0 Å². The number of nitrogens with one attached hydrogen (secondary N) is 3. The van der Waals surface area contributed by atoms with Crippen molar-refractivity contribution in [2.24, 2.45) is 0 Å². The number of anilines is 5. The first-order chi connectivity index (χ1) is 16.0. The van der Waals surface area contributed by atoms with E-state index in [-0.39, 0.29) is 5.91 Å². The Labute approximate surface area is 191 Å². The molecule has 1 aromatic carbocycles. The Bertz CT molecular complexity index is 1230. The molecule has 0 radical (unpaired) electrons. The van der Waals surface area contributed by atoms with E-state index in [1.54, 1.807) is 12.3 Å². The van der Waals surface area contributed by atoms with E-state index < -0.39 is 0 Å². The summed E-state index contributed by atoms with van der Waals surface area (Å²) in [5, 5.41) is 13.2. The van der Waals surface area contributed by atoms with Crippen LogP contribution in [0.1, 0.15) is 29.0 Å². The third kappa shape index (κ3) is 5.91. The van der Waals surface area contributed by atoms with Crippen LogP contribution < -0.4 is 16.0 Å². The van der Waals surface area contributed by atoms with Crippen molar-refractivity contribution in [3.05, 3.63) is 77.6 Å². The van der Waals surface area contributed by atoms with Crippen LogP contribution in [0.4, 0.5) is 28.8 Å². The standard InChI is InChI=1S/C24H25N7O2/c1-15-10-11-25-21(12-15)30-23-13-22(26-14-27-23)28-18-4-6-19(7-5-18)29-24(32)9-8-20-16(2)31-33-17(20)3/h4-7,10-14H,8-9H2,1-3H3,(H,29,32)(H2,25,26,27,28,30). The lowest BCUT2D eigenvalue weighted by Crippen LogP contribution is -2.12. The topological polar surface area (TPSA) is 118 Å². The Morgan fingerprint density at radius 1 is 0.879 bits per heavy atom. The van der Waals surface area contributed by atoms with Gasteiger partial charge in [0.1, 0.15) is 29.5 Å². The fraction of sp³-hybridized carbons (Fsp3) is 0.208. The summed E-state index contributed by atoms with van der Waals surface area (Å²) in [7, 11) is 0. The maximum absolute atomic E-state index is 12.3.